The van der Waals surface area contributed by atoms with Crippen molar-refractivity contribution in [1.29, 1.82) is 0 Å². The first-order valence-electron chi connectivity index (χ1n) is 16.2. The monoisotopic (exact) mass is 852 g/mol. The summed E-state index contributed by atoms with van der Waals surface area (Å²) in [5.74, 6) is -87.4. The van der Waals surface area contributed by atoms with Crippen LogP contribution in [0.2, 0.25) is 0 Å². The first-order chi connectivity index (χ1) is 24.5. The number of anilines is 2. The number of nitrogen functional groups attached to an aromatic ring is 2. The van der Waals surface area contributed by atoms with Crippen molar-refractivity contribution in [2.24, 2.45) is 0 Å². The lowest BCUT2D eigenvalue weighted by molar-refractivity contribution is -0.470. The molecule has 0 fully saturated rings. The van der Waals surface area contributed by atoms with Gasteiger partial charge in [0.2, 0.25) is 0 Å². The van der Waals surface area contributed by atoms with Gasteiger partial charge in [-0.2, -0.15) is 87.8 Å². The van der Waals surface area contributed by atoms with Crippen LogP contribution in [-0.4, -0.2) is 47.4 Å². The summed E-state index contributed by atoms with van der Waals surface area (Å²) in [7, 11) is 0. The van der Waals surface area contributed by atoms with Crippen LogP contribution in [0.5, 0.6) is 0 Å². The van der Waals surface area contributed by atoms with Gasteiger partial charge in [0, 0.05) is 22.5 Å². The standard InChI is InChI=1S/C34H36F20N2/c1-13(2)19-9-17(10-20(14(3)4)23(19)55)25(35,36)27(39,40)29(43,44)31(47,48)33(51,52)34(53,54)32(49,50)30(45,46)28(41,42)26(37,38)18-11-21(15(5)6)24(56)22(12-18)16(7)8/h9-16H,55-56H2,1-8H3. The number of nitrogens with two attached hydrogens (primary N) is 2. The second-order valence-electron chi connectivity index (χ2n) is 14.5. The predicted molar refractivity (Wildman–Crippen MR) is 165 cm³/mol. The molecule has 0 atom stereocenters. The maximum absolute atomic E-state index is 15.2. The molecule has 2 nitrogen and oxygen atoms in total. The molecule has 0 amide bonds. The van der Waals surface area contributed by atoms with Crippen molar-refractivity contribution in [3.8, 4) is 0 Å². The van der Waals surface area contributed by atoms with Gasteiger partial charge in [-0.05, 0) is 70.2 Å². The van der Waals surface area contributed by atoms with Crippen LogP contribution in [0.25, 0.3) is 0 Å². The summed E-state index contributed by atoms with van der Waals surface area (Å²) in [6.07, 6.45) is 0. The van der Waals surface area contributed by atoms with Gasteiger partial charge >= 0.3 is 59.2 Å². The van der Waals surface area contributed by atoms with E-state index in [-0.39, 0.29) is 24.3 Å². The summed E-state index contributed by atoms with van der Waals surface area (Å²) in [6, 6.07) is -0.305. The van der Waals surface area contributed by atoms with Crippen LogP contribution >= 0.6 is 0 Å². The van der Waals surface area contributed by atoms with Crippen LogP contribution < -0.4 is 11.5 Å². The van der Waals surface area contributed by atoms with E-state index >= 15 is 17.6 Å². The van der Waals surface area contributed by atoms with E-state index in [1.165, 1.54) is 0 Å². The average molecular weight is 853 g/mol. The Morgan fingerprint density at radius 3 is 0.589 bits per heavy atom. The third-order valence-corrected chi connectivity index (χ3v) is 9.25. The minimum Gasteiger partial charge on any atom is -0.398 e. The molecule has 22 heteroatoms. The number of hydrogen-bond donors (Lipinski definition) is 2. The molecule has 4 N–H and O–H groups in total. The Morgan fingerprint density at radius 2 is 0.446 bits per heavy atom. The number of hydrogen-bond acceptors (Lipinski definition) is 2. The van der Waals surface area contributed by atoms with Gasteiger partial charge in [-0.25, -0.2) is 0 Å². The van der Waals surface area contributed by atoms with Crippen molar-refractivity contribution in [3.63, 3.8) is 0 Å². The number of halogens is 20. The normalized spacial score (nSPS) is 15.2. The van der Waals surface area contributed by atoms with Gasteiger partial charge in [-0.3, -0.25) is 0 Å². The fourth-order valence-corrected chi connectivity index (χ4v) is 5.61. The summed E-state index contributed by atoms with van der Waals surface area (Å²) in [6.45, 7) is 9.32. The molecule has 0 bridgehead atoms. The molecule has 0 aromatic heterocycles. The summed E-state index contributed by atoms with van der Waals surface area (Å²) in [5, 5.41) is 0. The van der Waals surface area contributed by atoms with Crippen LogP contribution in [-0.2, 0) is 11.8 Å². The third kappa shape index (κ3) is 6.59. The summed E-state index contributed by atoms with van der Waals surface area (Å²) < 4.78 is 298. The topological polar surface area (TPSA) is 52.0 Å². The van der Waals surface area contributed by atoms with Crippen LogP contribution in [0, 0.1) is 0 Å². The van der Waals surface area contributed by atoms with E-state index in [4.69, 9.17) is 11.5 Å². The lowest BCUT2D eigenvalue weighted by atomic mass is 9.82. The van der Waals surface area contributed by atoms with Crippen LogP contribution in [0.1, 0.15) is 112 Å². The Balaban J connectivity index is 2.85. The SMILES string of the molecule is CC(C)c1cc(C(F)(F)C(F)(F)C(F)(F)C(F)(F)C(F)(F)C(F)(F)C(F)(F)C(F)(F)C(F)(F)C(F)(F)c2cc(C(C)C)c(N)c(C(C)C)c2)cc(C(C)C)c1N. The maximum Gasteiger partial charge on any atom is 0.385 e. The first kappa shape index (κ1) is 48.8. The quantitative estimate of drug-likeness (QED) is 0.139. The molecule has 2 aromatic rings. The minimum atomic E-state index is -9.13. The van der Waals surface area contributed by atoms with E-state index in [1.54, 1.807) is 0 Å². The van der Waals surface area contributed by atoms with Gasteiger partial charge in [0.05, 0.1) is 0 Å². The number of alkyl halides is 20. The van der Waals surface area contributed by atoms with E-state index < -0.39 is 128 Å². The highest BCUT2D eigenvalue weighted by atomic mass is 19.4. The largest absolute Gasteiger partial charge is 0.398 e. The average Bonchev–Trinajstić information content (AvgIpc) is 3.03. The summed E-state index contributed by atoms with van der Waals surface area (Å²) in [4.78, 5) is 0. The van der Waals surface area contributed by atoms with Gasteiger partial charge in [0.15, 0.2) is 0 Å². The molecule has 2 rings (SSSR count). The molecule has 0 unspecified atom stereocenters. The van der Waals surface area contributed by atoms with E-state index in [0.717, 1.165) is 55.4 Å². The number of benzene rings is 2. The van der Waals surface area contributed by atoms with Crippen LogP contribution in [0.3, 0.4) is 0 Å². The van der Waals surface area contributed by atoms with Gasteiger partial charge in [0.1, 0.15) is 0 Å². The molecule has 56 heavy (non-hydrogen) atoms. The zero-order chi connectivity index (χ0) is 44.8. The smallest absolute Gasteiger partial charge is 0.385 e. The van der Waals surface area contributed by atoms with Crippen molar-refractivity contribution in [1.82, 2.24) is 0 Å². The van der Waals surface area contributed by atoms with Crippen LogP contribution in [0.4, 0.5) is 99.2 Å². The Hall–Kier alpha value is -3.36. The Kier molecular flexibility index (Phi) is 12.4. The molecule has 0 saturated carbocycles. The van der Waals surface area contributed by atoms with Crippen molar-refractivity contribution in [3.05, 3.63) is 57.6 Å². The Labute approximate surface area is 307 Å². The van der Waals surface area contributed by atoms with Crippen LogP contribution in [0.15, 0.2) is 24.3 Å². The highest BCUT2D eigenvalue weighted by molar-refractivity contribution is 5.60. The highest BCUT2D eigenvalue weighted by Gasteiger charge is 2.97. The lowest BCUT2D eigenvalue weighted by Gasteiger charge is -2.45. The molecule has 0 radical (unpaired) electrons. The van der Waals surface area contributed by atoms with E-state index in [9.17, 15) is 70.2 Å². The first-order valence-corrected chi connectivity index (χ1v) is 16.2. The molecule has 2 aromatic carbocycles. The molecule has 0 spiro atoms. The molecule has 0 saturated heterocycles. The molecular weight excluding hydrogens is 816 g/mol. The summed E-state index contributed by atoms with van der Waals surface area (Å²) in [5.41, 5.74) is 3.71. The van der Waals surface area contributed by atoms with Gasteiger partial charge in [-0.15, -0.1) is 0 Å². The second kappa shape index (κ2) is 14.2. The molecule has 0 aliphatic carbocycles. The Morgan fingerprint density at radius 1 is 0.304 bits per heavy atom. The Bertz CT molecular complexity index is 1570. The van der Waals surface area contributed by atoms with Crippen molar-refractivity contribution >= 4 is 11.4 Å². The molecule has 0 aliphatic rings. The summed E-state index contributed by atoms with van der Waals surface area (Å²) >= 11 is 0. The predicted octanol–water partition coefficient (Wildman–Crippen LogP) is 13.3. The second-order valence-corrected chi connectivity index (χ2v) is 14.5. The zero-order valence-electron chi connectivity index (χ0n) is 30.3. The van der Waals surface area contributed by atoms with Crippen molar-refractivity contribution in [2.45, 2.75) is 138 Å². The van der Waals surface area contributed by atoms with Gasteiger partial charge in [-0.1, -0.05) is 55.4 Å². The maximum atomic E-state index is 15.2. The molecule has 0 heterocycles. The van der Waals surface area contributed by atoms with Gasteiger partial charge < -0.3 is 11.5 Å². The fraction of sp³-hybridized carbons (Fsp3) is 0.647. The van der Waals surface area contributed by atoms with Crippen molar-refractivity contribution < 1.29 is 87.8 Å². The molecule has 322 valence electrons. The number of rotatable bonds is 15. The fourth-order valence-electron chi connectivity index (χ4n) is 5.61. The lowest BCUT2D eigenvalue weighted by Crippen LogP contribution is -2.76. The highest BCUT2D eigenvalue weighted by Crippen LogP contribution is 2.67. The zero-order valence-corrected chi connectivity index (χ0v) is 30.3. The van der Waals surface area contributed by atoms with E-state index in [0.29, 0.717) is 0 Å². The molecular formula is C34H36F20N2. The van der Waals surface area contributed by atoms with Crippen molar-refractivity contribution in [2.75, 3.05) is 11.5 Å². The van der Waals surface area contributed by atoms with Gasteiger partial charge in [0.25, 0.3) is 0 Å². The van der Waals surface area contributed by atoms with E-state index in [2.05, 4.69) is 0 Å². The third-order valence-electron chi connectivity index (χ3n) is 9.25. The van der Waals surface area contributed by atoms with E-state index in [1.807, 2.05) is 0 Å². The molecule has 0 aliphatic heterocycles. The minimum absolute atomic E-state index is 0.0764.